The fourth-order valence-electron chi connectivity index (χ4n) is 2.75. The number of methoxy groups -OCH3 is 1. The Labute approximate surface area is 169 Å². The fourth-order valence-corrected chi connectivity index (χ4v) is 3.21. The molecule has 2 N–H and O–H groups in total. The molecule has 3 aromatic rings. The molecule has 0 amide bonds. The Morgan fingerprint density at radius 3 is 2.63 bits per heavy atom. The van der Waals surface area contributed by atoms with E-state index in [1.807, 2.05) is 36.5 Å². The second-order valence-corrected chi connectivity index (χ2v) is 6.87. The molecule has 3 rings (SSSR count). The van der Waals surface area contributed by atoms with Gasteiger partial charge >= 0.3 is 0 Å². The van der Waals surface area contributed by atoms with Gasteiger partial charge in [0.15, 0.2) is 11.5 Å². The largest absolute Gasteiger partial charge is 0.493 e. The molecular weight excluding hydrogens is 383 g/mol. The molecule has 0 radical (unpaired) electrons. The Bertz CT molecular complexity index is 889. The van der Waals surface area contributed by atoms with Gasteiger partial charge in [-0.1, -0.05) is 41.4 Å². The lowest BCUT2D eigenvalue weighted by molar-refractivity contribution is -0.686. The third kappa shape index (κ3) is 5.36. The average Bonchev–Trinajstić information content (AvgIpc) is 2.68. The van der Waals surface area contributed by atoms with Crippen molar-refractivity contribution in [3.63, 3.8) is 0 Å². The number of nitrogens with zero attached hydrogens (tertiary/aromatic N) is 1. The van der Waals surface area contributed by atoms with Crippen molar-refractivity contribution in [2.75, 3.05) is 7.11 Å². The van der Waals surface area contributed by atoms with E-state index < -0.39 is 0 Å². The van der Waals surface area contributed by atoms with Crippen LogP contribution in [-0.2, 0) is 19.7 Å². The molecule has 0 aliphatic rings. The van der Waals surface area contributed by atoms with Crippen LogP contribution in [0.15, 0.2) is 60.9 Å². The monoisotopic (exact) mass is 403 g/mol. The number of aromatic nitrogens is 1. The summed E-state index contributed by atoms with van der Waals surface area (Å²) in [5, 5.41) is 3.39. The Morgan fingerprint density at radius 2 is 1.89 bits per heavy atom. The Kier molecular flexibility index (Phi) is 6.93. The molecule has 140 valence electrons. The quantitative estimate of drug-likeness (QED) is 0.611. The van der Waals surface area contributed by atoms with Gasteiger partial charge in [0.05, 0.1) is 12.7 Å². The minimum absolute atomic E-state index is 0.339. The maximum Gasteiger partial charge on any atom is 0.170 e. The summed E-state index contributed by atoms with van der Waals surface area (Å²) in [5.41, 5.74) is 3.11. The van der Waals surface area contributed by atoms with E-state index in [0.717, 1.165) is 30.0 Å². The van der Waals surface area contributed by atoms with Gasteiger partial charge in [-0.2, -0.15) is 0 Å². The molecule has 0 bridgehead atoms. The molecule has 0 saturated carbocycles. The van der Waals surface area contributed by atoms with Gasteiger partial charge < -0.3 is 14.8 Å². The van der Waals surface area contributed by atoms with Gasteiger partial charge in [-0.25, -0.2) is 0 Å². The standard InChI is InChI=1S/C21H20Cl2N2O2/c1-26-20-6-2-5-16(13-25-12-15-4-3-9-24-11-15)21(20)27-14-17-7-8-18(22)10-19(17)23/h2-11,25H,12-14H2,1H3/p+1. The molecule has 0 spiro atoms. The molecule has 0 atom stereocenters. The van der Waals surface area contributed by atoms with E-state index in [4.69, 9.17) is 32.7 Å². The molecule has 1 aromatic heterocycles. The maximum absolute atomic E-state index is 6.25. The van der Waals surface area contributed by atoms with Crippen molar-refractivity contribution < 1.29 is 14.8 Å². The van der Waals surface area contributed by atoms with E-state index in [1.54, 1.807) is 25.4 Å². The molecule has 1 heterocycles. The molecule has 0 saturated heterocycles. The number of pyridine rings is 1. The molecule has 27 heavy (non-hydrogen) atoms. The van der Waals surface area contributed by atoms with Crippen molar-refractivity contribution >= 4 is 23.2 Å². The molecule has 6 heteroatoms. The molecule has 4 nitrogen and oxygen atoms in total. The fraction of sp³-hybridized carbons (Fsp3) is 0.190. The number of hydrogen-bond donors (Lipinski definition) is 1. The van der Waals surface area contributed by atoms with Gasteiger partial charge in [-0.05, 0) is 30.3 Å². The number of benzene rings is 2. The second kappa shape index (κ2) is 9.60. The van der Waals surface area contributed by atoms with Crippen molar-refractivity contribution in [1.82, 2.24) is 4.98 Å². The highest BCUT2D eigenvalue weighted by atomic mass is 35.5. The summed E-state index contributed by atoms with van der Waals surface area (Å²) in [4.78, 5) is 4.15. The van der Waals surface area contributed by atoms with Crippen LogP contribution in [0.1, 0.15) is 16.7 Å². The Hall–Kier alpha value is -2.27. The molecule has 2 aromatic carbocycles. The third-order valence-corrected chi connectivity index (χ3v) is 4.72. The summed E-state index contributed by atoms with van der Waals surface area (Å²) in [7, 11) is 1.64. The highest BCUT2D eigenvalue weighted by Gasteiger charge is 2.13. The van der Waals surface area contributed by atoms with Crippen LogP contribution in [0.3, 0.4) is 0 Å². The summed E-state index contributed by atoms with van der Waals surface area (Å²) >= 11 is 12.2. The Morgan fingerprint density at radius 1 is 1.00 bits per heavy atom. The SMILES string of the molecule is COc1cccc(C[NH2+]Cc2cccnc2)c1OCc1ccc(Cl)cc1Cl. The zero-order chi connectivity index (χ0) is 19.1. The summed E-state index contributed by atoms with van der Waals surface area (Å²) in [5.74, 6) is 1.43. The first-order valence-corrected chi connectivity index (χ1v) is 9.36. The van der Waals surface area contributed by atoms with Crippen molar-refractivity contribution in [1.29, 1.82) is 0 Å². The first kappa shape index (κ1) is 19.5. The maximum atomic E-state index is 6.25. The van der Waals surface area contributed by atoms with Crippen LogP contribution in [0, 0.1) is 0 Å². The van der Waals surface area contributed by atoms with Crippen LogP contribution in [-0.4, -0.2) is 12.1 Å². The molecule has 0 aliphatic carbocycles. The van der Waals surface area contributed by atoms with Gasteiger partial charge in [0.25, 0.3) is 0 Å². The van der Waals surface area contributed by atoms with Crippen LogP contribution >= 0.6 is 23.2 Å². The van der Waals surface area contributed by atoms with Crippen molar-refractivity contribution in [3.8, 4) is 11.5 Å². The number of nitrogens with two attached hydrogens (primary N) is 1. The molecular formula is C21H21Cl2N2O2+. The van der Waals surface area contributed by atoms with Gasteiger partial charge in [-0.3, -0.25) is 4.98 Å². The molecule has 0 aliphatic heterocycles. The number of rotatable bonds is 8. The van der Waals surface area contributed by atoms with Crippen LogP contribution < -0.4 is 14.8 Å². The van der Waals surface area contributed by atoms with Crippen molar-refractivity contribution in [2.24, 2.45) is 0 Å². The third-order valence-electron chi connectivity index (χ3n) is 4.13. The van der Waals surface area contributed by atoms with Crippen LogP contribution in [0.25, 0.3) is 0 Å². The predicted molar refractivity (Wildman–Crippen MR) is 107 cm³/mol. The van der Waals surface area contributed by atoms with E-state index in [2.05, 4.69) is 16.4 Å². The average molecular weight is 404 g/mol. The van der Waals surface area contributed by atoms with E-state index in [-0.39, 0.29) is 0 Å². The highest BCUT2D eigenvalue weighted by Crippen LogP contribution is 2.32. The number of ether oxygens (including phenoxy) is 2. The van der Waals surface area contributed by atoms with Crippen LogP contribution in [0.5, 0.6) is 11.5 Å². The number of halogens is 2. The molecule has 0 fully saturated rings. The van der Waals surface area contributed by atoms with Gasteiger partial charge in [0.1, 0.15) is 19.7 Å². The van der Waals surface area contributed by atoms with Crippen molar-refractivity contribution in [2.45, 2.75) is 19.7 Å². The smallest absolute Gasteiger partial charge is 0.170 e. The number of quaternary nitrogens is 1. The lowest BCUT2D eigenvalue weighted by Crippen LogP contribution is -2.80. The summed E-state index contributed by atoms with van der Waals surface area (Å²) in [6.07, 6.45) is 3.65. The van der Waals surface area contributed by atoms with E-state index >= 15 is 0 Å². The zero-order valence-electron chi connectivity index (χ0n) is 15.0. The summed E-state index contributed by atoms with van der Waals surface area (Å²) < 4.78 is 11.6. The van der Waals surface area contributed by atoms with Gasteiger partial charge in [0.2, 0.25) is 0 Å². The Balaban J connectivity index is 1.71. The van der Waals surface area contributed by atoms with Crippen LogP contribution in [0.4, 0.5) is 0 Å². The summed E-state index contributed by atoms with van der Waals surface area (Å²) in [6.45, 7) is 1.94. The van der Waals surface area contributed by atoms with E-state index in [0.29, 0.717) is 22.4 Å². The molecule has 0 unspecified atom stereocenters. The summed E-state index contributed by atoms with van der Waals surface area (Å²) in [6, 6.07) is 15.3. The normalized spacial score (nSPS) is 10.6. The number of hydrogen-bond acceptors (Lipinski definition) is 3. The minimum atomic E-state index is 0.339. The number of para-hydroxylation sites is 1. The minimum Gasteiger partial charge on any atom is -0.493 e. The van der Waals surface area contributed by atoms with Gasteiger partial charge in [-0.15, -0.1) is 0 Å². The van der Waals surface area contributed by atoms with E-state index in [1.165, 1.54) is 5.56 Å². The first-order chi connectivity index (χ1) is 13.2. The predicted octanol–water partition coefficient (Wildman–Crippen LogP) is 4.24. The topological polar surface area (TPSA) is 48.0 Å². The van der Waals surface area contributed by atoms with E-state index in [9.17, 15) is 0 Å². The first-order valence-electron chi connectivity index (χ1n) is 8.60. The lowest BCUT2D eigenvalue weighted by Gasteiger charge is -2.15. The zero-order valence-corrected chi connectivity index (χ0v) is 16.5. The highest BCUT2D eigenvalue weighted by molar-refractivity contribution is 6.35. The second-order valence-electron chi connectivity index (χ2n) is 6.03. The lowest BCUT2D eigenvalue weighted by atomic mass is 10.1. The van der Waals surface area contributed by atoms with Crippen molar-refractivity contribution in [3.05, 3.63) is 87.7 Å². The van der Waals surface area contributed by atoms with Crippen LogP contribution in [0.2, 0.25) is 10.0 Å². The van der Waals surface area contributed by atoms with Gasteiger partial charge in [0, 0.05) is 33.6 Å².